The molecule has 0 bridgehead atoms. The van der Waals surface area contributed by atoms with Crippen molar-refractivity contribution in [3.63, 3.8) is 0 Å². The van der Waals surface area contributed by atoms with Crippen LogP contribution in [0, 0.1) is 5.92 Å². The Morgan fingerprint density at radius 1 is 1.39 bits per heavy atom. The van der Waals surface area contributed by atoms with E-state index in [2.05, 4.69) is 0 Å². The normalized spacial score (nSPS) is 18.7. The molecule has 5 nitrogen and oxygen atoms in total. The van der Waals surface area contributed by atoms with Crippen molar-refractivity contribution >= 4 is 5.97 Å². The van der Waals surface area contributed by atoms with E-state index < -0.39 is 5.54 Å². The van der Waals surface area contributed by atoms with Gasteiger partial charge in [-0.1, -0.05) is 0 Å². The van der Waals surface area contributed by atoms with E-state index in [4.69, 9.17) is 15.2 Å². The predicted octanol–water partition coefficient (Wildman–Crippen LogP) is 0.625. The van der Waals surface area contributed by atoms with Gasteiger partial charge in [0.1, 0.15) is 5.54 Å². The molecule has 1 saturated carbocycles. The first-order valence-electron chi connectivity index (χ1n) is 6.77. The third-order valence-corrected chi connectivity index (χ3v) is 3.31. The van der Waals surface area contributed by atoms with Crippen LogP contribution in [0.2, 0.25) is 0 Å². The van der Waals surface area contributed by atoms with E-state index in [1.165, 1.54) is 0 Å². The summed E-state index contributed by atoms with van der Waals surface area (Å²) in [6, 6.07) is 0. The average molecular weight is 258 g/mol. The smallest absolute Gasteiger partial charge is 0.327 e. The SMILES string of the molecule is CCOCCN(C)CC(N)(C(=O)OCC)C1CC1. The van der Waals surface area contributed by atoms with Gasteiger partial charge in [0, 0.05) is 19.7 Å². The maximum Gasteiger partial charge on any atom is 0.327 e. The molecule has 1 rings (SSSR count). The van der Waals surface area contributed by atoms with Crippen LogP contribution in [0.15, 0.2) is 0 Å². The Kier molecular flexibility index (Phi) is 6.05. The lowest BCUT2D eigenvalue weighted by Gasteiger charge is -2.31. The van der Waals surface area contributed by atoms with Gasteiger partial charge in [-0.05, 0) is 39.7 Å². The second kappa shape index (κ2) is 7.07. The summed E-state index contributed by atoms with van der Waals surface area (Å²) in [5.41, 5.74) is 5.43. The molecule has 106 valence electrons. The van der Waals surface area contributed by atoms with E-state index in [-0.39, 0.29) is 11.9 Å². The lowest BCUT2D eigenvalue weighted by molar-refractivity contribution is -0.151. The zero-order valence-electron chi connectivity index (χ0n) is 11.8. The van der Waals surface area contributed by atoms with Crippen molar-refractivity contribution in [1.82, 2.24) is 4.90 Å². The summed E-state index contributed by atoms with van der Waals surface area (Å²) in [4.78, 5) is 14.1. The molecule has 2 N–H and O–H groups in total. The van der Waals surface area contributed by atoms with E-state index in [9.17, 15) is 4.79 Å². The fourth-order valence-electron chi connectivity index (χ4n) is 2.11. The fourth-order valence-corrected chi connectivity index (χ4v) is 2.11. The van der Waals surface area contributed by atoms with Crippen LogP contribution >= 0.6 is 0 Å². The van der Waals surface area contributed by atoms with Gasteiger partial charge in [-0.2, -0.15) is 0 Å². The van der Waals surface area contributed by atoms with E-state index in [0.717, 1.165) is 19.4 Å². The van der Waals surface area contributed by atoms with Crippen molar-refractivity contribution < 1.29 is 14.3 Å². The summed E-state index contributed by atoms with van der Waals surface area (Å²) in [5.74, 6) is 0.00172. The molecule has 1 aliphatic rings. The standard InChI is InChI=1S/C13H26N2O3/c1-4-17-9-8-15(3)10-13(14,11-6-7-11)12(16)18-5-2/h11H,4-10,14H2,1-3H3. The van der Waals surface area contributed by atoms with Crippen LogP contribution < -0.4 is 5.73 Å². The second-order valence-electron chi connectivity index (χ2n) is 4.97. The molecule has 1 unspecified atom stereocenters. The molecule has 0 saturated heterocycles. The highest BCUT2D eigenvalue weighted by atomic mass is 16.5. The van der Waals surface area contributed by atoms with Gasteiger partial charge in [-0.25, -0.2) is 4.79 Å². The Morgan fingerprint density at radius 3 is 2.56 bits per heavy atom. The molecule has 0 heterocycles. The minimum atomic E-state index is -0.850. The molecule has 0 aromatic heterocycles. The Hall–Kier alpha value is -0.650. The van der Waals surface area contributed by atoms with Crippen LogP contribution in [-0.2, 0) is 14.3 Å². The van der Waals surface area contributed by atoms with Crippen molar-refractivity contribution in [2.45, 2.75) is 32.2 Å². The van der Waals surface area contributed by atoms with Gasteiger partial charge in [-0.3, -0.25) is 0 Å². The number of ether oxygens (including phenoxy) is 2. The van der Waals surface area contributed by atoms with Gasteiger partial charge < -0.3 is 20.1 Å². The first kappa shape index (κ1) is 15.4. The second-order valence-corrected chi connectivity index (χ2v) is 4.97. The zero-order valence-corrected chi connectivity index (χ0v) is 11.8. The number of rotatable bonds is 9. The summed E-state index contributed by atoms with van der Waals surface area (Å²) in [5, 5.41) is 0. The maximum absolute atomic E-state index is 12.0. The third-order valence-electron chi connectivity index (χ3n) is 3.31. The van der Waals surface area contributed by atoms with Gasteiger partial charge in [0.2, 0.25) is 0 Å². The number of hydrogen-bond acceptors (Lipinski definition) is 5. The largest absolute Gasteiger partial charge is 0.465 e. The van der Waals surface area contributed by atoms with E-state index >= 15 is 0 Å². The van der Waals surface area contributed by atoms with Gasteiger partial charge in [0.05, 0.1) is 13.2 Å². The molecular formula is C13H26N2O3. The van der Waals surface area contributed by atoms with Crippen molar-refractivity contribution in [3.05, 3.63) is 0 Å². The van der Waals surface area contributed by atoms with Gasteiger partial charge in [0.15, 0.2) is 0 Å². The van der Waals surface area contributed by atoms with Crippen molar-refractivity contribution in [3.8, 4) is 0 Å². The molecule has 0 aromatic carbocycles. The third kappa shape index (κ3) is 4.23. The summed E-state index contributed by atoms with van der Waals surface area (Å²) in [7, 11) is 1.96. The number of likely N-dealkylation sites (N-methyl/N-ethyl adjacent to an activating group) is 1. The van der Waals surface area contributed by atoms with Crippen molar-refractivity contribution in [2.24, 2.45) is 11.7 Å². The highest BCUT2D eigenvalue weighted by Gasteiger charge is 2.49. The van der Waals surface area contributed by atoms with E-state index in [1.807, 2.05) is 25.8 Å². The van der Waals surface area contributed by atoms with Crippen molar-refractivity contribution in [1.29, 1.82) is 0 Å². The van der Waals surface area contributed by atoms with E-state index in [1.54, 1.807) is 0 Å². The predicted molar refractivity (Wildman–Crippen MR) is 70.3 cm³/mol. The fraction of sp³-hybridized carbons (Fsp3) is 0.923. The lowest BCUT2D eigenvalue weighted by atomic mass is 9.94. The number of carbonyl (C=O) groups is 1. The first-order chi connectivity index (χ1) is 8.54. The van der Waals surface area contributed by atoms with Gasteiger partial charge in [-0.15, -0.1) is 0 Å². The topological polar surface area (TPSA) is 64.8 Å². The van der Waals surface area contributed by atoms with Gasteiger partial charge >= 0.3 is 5.97 Å². The Bertz CT molecular complexity index is 269. The molecule has 0 aliphatic heterocycles. The van der Waals surface area contributed by atoms with Crippen LogP contribution in [0.25, 0.3) is 0 Å². The highest BCUT2D eigenvalue weighted by Crippen LogP contribution is 2.39. The molecule has 0 radical (unpaired) electrons. The Morgan fingerprint density at radius 2 is 2.06 bits per heavy atom. The van der Waals surface area contributed by atoms with Crippen molar-refractivity contribution in [2.75, 3.05) is 40.0 Å². The number of nitrogens with zero attached hydrogens (tertiary/aromatic N) is 1. The molecule has 0 aromatic rings. The summed E-state index contributed by atoms with van der Waals surface area (Å²) in [6.07, 6.45) is 2.04. The first-order valence-corrected chi connectivity index (χ1v) is 6.77. The summed E-state index contributed by atoms with van der Waals surface area (Å²) >= 11 is 0. The summed E-state index contributed by atoms with van der Waals surface area (Å²) in [6.45, 7) is 6.84. The molecule has 0 amide bonds. The molecule has 1 aliphatic carbocycles. The van der Waals surface area contributed by atoms with Gasteiger partial charge in [0.25, 0.3) is 0 Å². The lowest BCUT2D eigenvalue weighted by Crippen LogP contribution is -2.58. The monoisotopic (exact) mass is 258 g/mol. The quantitative estimate of drug-likeness (QED) is 0.485. The minimum absolute atomic E-state index is 0.268. The molecule has 5 heteroatoms. The van der Waals surface area contributed by atoms with E-state index in [0.29, 0.717) is 26.4 Å². The number of carbonyl (C=O) groups excluding carboxylic acids is 1. The minimum Gasteiger partial charge on any atom is -0.465 e. The zero-order chi connectivity index (χ0) is 13.6. The highest BCUT2D eigenvalue weighted by molar-refractivity contribution is 5.82. The van der Waals surface area contributed by atoms with Crippen LogP contribution in [-0.4, -0.2) is 56.4 Å². The average Bonchev–Trinajstić information content (AvgIpc) is 3.13. The summed E-state index contributed by atoms with van der Waals surface area (Å²) < 4.78 is 10.4. The molecular weight excluding hydrogens is 232 g/mol. The molecule has 18 heavy (non-hydrogen) atoms. The molecule has 1 fully saturated rings. The van der Waals surface area contributed by atoms with Crippen LogP contribution in [0.1, 0.15) is 26.7 Å². The molecule has 1 atom stereocenters. The Balaban J connectivity index is 2.48. The maximum atomic E-state index is 12.0. The number of esters is 1. The number of hydrogen-bond donors (Lipinski definition) is 1. The van der Waals surface area contributed by atoms with Crippen LogP contribution in [0.4, 0.5) is 0 Å². The Labute approximate surface area is 110 Å². The number of nitrogens with two attached hydrogens (primary N) is 1. The van der Waals surface area contributed by atoms with Crippen LogP contribution in [0.3, 0.4) is 0 Å². The van der Waals surface area contributed by atoms with Crippen LogP contribution in [0.5, 0.6) is 0 Å². The molecule has 0 spiro atoms.